The van der Waals surface area contributed by atoms with E-state index in [0.717, 1.165) is 25.1 Å². The molecule has 19 heavy (non-hydrogen) atoms. The molecule has 0 amide bonds. The van der Waals surface area contributed by atoms with Gasteiger partial charge in [-0.2, -0.15) is 0 Å². The van der Waals surface area contributed by atoms with E-state index < -0.39 is 0 Å². The van der Waals surface area contributed by atoms with E-state index in [9.17, 15) is 0 Å². The van der Waals surface area contributed by atoms with Crippen LogP contribution in [0.15, 0.2) is 24.3 Å². The van der Waals surface area contributed by atoms with Gasteiger partial charge in [0.1, 0.15) is 0 Å². The number of ether oxygens (including phenoxy) is 1. The van der Waals surface area contributed by atoms with E-state index in [1.807, 2.05) is 0 Å². The summed E-state index contributed by atoms with van der Waals surface area (Å²) in [4.78, 5) is 0. The third kappa shape index (κ3) is 3.10. The fourth-order valence-electron chi connectivity index (χ4n) is 2.71. The molecule has 0 bridgehead atoms. The highest BCUT2D eigenvalue weighted by molar-refractivity contribution is 5.46. The number of benzene rings is 1. The summed E-state index contributed by atoms with van der Waals surface area (Å²) in [5.41, 5.74) is 2.50. The molecule has 0 heterocycles. The third-order valence-electron chi connectivity index (χ3n) is 4.24. The Bertz CT molecular complexity index is 400. The Labute approximate surface area is 116 Å². The zero-order chi connectivity index (χ0) is 13.9. The van der Waals surface area contributed by atoms with Gasteiger partial charge in [0, 0.05) is 30.4 Å². The number of aliphatic hydroxyl groups is 1. The maximum absolute atomic E-state index is 8.90. The standard InChI is InChI=1S/C16H25NO2/c1-4-19-15-11-14(16(15,2)3)17-13-7-5-12(6-8-13)9-10-18/h5-8,14-15,17-18H,4,9-11H2,1-3H3. The Morgan fingerprint density at radius 2 is 2.00 bits per heavy atom. The van der Waals surface area contributed by atoms with Crippen LogP contribution in [0.1, 0.15) is 32.8 Å². The minimum Gasteiger partial charge on any atom is -0.396 e. The monoisotopic (exact) mass is 263 g/mol. The minimum atomic E-state index is 0.180. The smallest absolute Gasteiger partial charge is 0.0665 e. The topological polar surface area (TPSA) is 41.5 Å². The molecule has 2 N–H and O–H groups in total. The van der Waals surface area contributed by atoms with Crippen molar-refractivity contribution in [3.63, 3.8) is 0 Å². The molecule has 0 aliphatic heterocycles. The summed E-state index contributed by atoms with van der Waals surface area (Å²) >= 11 is 0. The van der Waals surface area contributed by atoms with Gasteiger partial charge in [0.05, 0.1) is 6.10 Å². The van der Waals surface area contributed by atoms with Crippen molar-refractivity contribution in [1.82, 2.24) is 0 Å². The fourth-order valence-corrected chi connectivity index (χ4v) is 2.71. The molecule has 0 radical (unpaired) electrons. The van der Waals surface area contributed by atoms with Crippen LogP contribution in [0.2, 0.25) is 0 Å². The van der Waals surface area contributed by atoms with E-state index in [4.69, 9.17) is 9.84 Å². The highest BCUT2D eigenvalue weighted by Crippen LogP contribution is 2.44. The van der Waals surface area contributed by atoms with E-state index in [2.05, 4.69) is 50.4 Å². The van der Waals surface area contributed by atoms with Crippen LogP contribution in [0.3, 0.4) is 0 Å². The van der Waals surface area contributed by atoms with Crippen LogP contribution in [0.25, 0.3) is 0 Å². The number of rotatable bonds is 6. The van der Waals surface area contributed by atoms with Crippen molar-refractivity contribution in [2.45, 2.75) is 45.8 Å². The zero-order valence-electron chi connectivity index (χ0n) is 12.1. The van der Waals surface area contributed by atoms with Crippen molar-refractivity contribution in [3.8, 4) is 0 Å². The van der Waals surface area contributed by atoms with E-state index >= 15 is 0 Å². The quantitative estimate of drug-likeness (QED) is 0.829. The Hall–Kier alpha value is -1.06. The van der Waals surface area contributed by atoms with Crippen LogP contribution < -0.4 is 5.32 Å². The highest BCUT2D eigenvalue weighted by atomic mass is 16.5. The first-order valence-electron chi connectivity index (χ1n) is 7.16. The molecule has 3 heteroatoms. The molecule has 1 fully saturated rings. The highest BCUT2D eigenvalue weighted by Gasteiger charge is 2.48. The fraction of sp³-hybridized carbons (Fsp3) is 0.625. The van der Waals surface area contributed by atoms with E-state index in [-0.39, 0.29) is 12.0 Å². The molecule has 106 valence electrons. The van der Waals surface area contributed by atoms with Crippen molar-refractivity contribution in [3.05, 3.63) is 29.8 Å². The van der Waals surface area contributed by atoms with Gasteiger partial charge in [0.15, 0.2) is 0 Å². The zero-order valence-corrected chi connectivity index (χ0v) is 12.1. The largest absolute Gasteiger partial charge is 0.396 e. The predicted molar refractivity (Wildman–Crippen MR) is 78.5 cm³/mol. The van der Waals surface area contributed by atoms with Gasteiger partial charge in [0.25, 0.3) is 0 Å². The lowest BCUT2D eigenvalue weighted by Crippen LogP contribution is -2.58. The second kappa shape index (κ2) is 5.93. The van der Waals surface area contributed by atoms with Crippen LogP contribution in [0.4, 0.5) is 5.69 Å². The summed E-state index contributed by atoms with van der Waals surface area (Å²) in [7, 11) is 0. The van der Waals surface area contributed by atoms with E-state index in [1.54, 1.807) is 0 Å². The Morgan fingerprint density at radius 3 is 2.53 bits per heavy atom. The lowest BCUT2D eigenvalue weighted by Gasteiger charge is -2.52. The van der Waals surface area contributed by atoms with Gasteiger partial charge >= 0.3 is 0 Å². The second-order valence-electron chi connectivity index (χ2n) is 5.87. The average molecular weight is 263 g/mol. The molecular weight excluding hydrogens is 238 g/mol. The minimum absolute atomic E-state index is 0.180. The summed E-state index contributed by atoms with van der Waals surface area (Å²) in [5.74, 6) is 0. The number of hydrogen-bond donors (Lipinski definition) is 2. The molecule has 0 saturated heterocycles. The summed E-state index contributed by atoms with van der Waals surface area (Å²) in [6.45, 7) is 7.56. The summed E-state index contributed by atoms with van der Waals surface area (Å²) in [5, 5.41) is 12.5. The predicted octanol–water partition coefficient (Wildman–Crippen LogP) is 2.84. The van der Waals surface area contributed by atoms with Gasteiger partial charge in [0.2, 0.25) is 0 Å². The van der Waals surface area contributed by atoms with Crippen molar-refractivity contribution < 1.29 is 9.84 Å². The maximum atomic E-state index is 8.90. The van der Waals surface area contributed by atoms with Gasteiger partial charge in [-0.15, -0.1) is 0 Å². The molecule has 0 spiro atoms. The first kappa shape index (κ1) is 14.4. The molecular formula is C16H25NO2. The lowest BCUT2D eigenvalue weighted by atomic mass is 9.64. The van der Waals surface area contributed by atoms with E-state index in [0.29, 0.717) is 12.1 Å². The molecule has 1 aliphatic rings. The third-order valence-corrected chi connectivity index (χ3v) is 4.24. The molecule has 2 atom stereocenters. The van der Waals surface area contributed by atoms with Crippen molar-refractivity contribution in [2.24, 2.45) is 5.41 Å². The molecule has 2 rings (SSSR count). The van der Waals surface area contributed by atoms with Crippen molar-refractivity contribution >= 4 is 5.69 Å². The number of aliphatic hydroxyl groups excluding tert-OH is 1. The summed E-state index contributed by atoms with van der Waals surface area (Å²) in [6, 6.07) is 8.80. The van der Waals surface area contributed by atoms with Crippen molar-refractivity contribution in [2.75, 3.05) is 18.5 Å². The van der Waals surface area contributed by atoms with Crippen LogP contribution in [-0.4, -0.2) is 30.5 Å². The Morgan fingerprint density at radius 1 is 1.32 bits per heavy atom. The van der Waals surface area contributed by atoms with E-state index in [1.165, 1.54) is 5.56 Å². The second-order valence-corrected chi connectivity index (χ2v) is 5.87. The van der Waals surface area contributed by atoms with Crippen LogP contribution >= 0.6 is 0 Å². The maximum Gasteiger partial charge on any atom is 0.0665 e. The molecule has 0 aromatic heterocycles. The van der Waals surface area contributed by atoms with Gasteiger partial charge in [-0.3, -0.25) is 0 Å². The molecule has 3 nitrogen and oxygen atoms in total. The van der Waals surface area contributed by atoms with Gasteiger partial charge in [-0.05, 0) is 37.5 Å². The Balaban J connectivity index is 1.92. The summed E-state index contributed by atoms with van der Waals surface area (Å²) < 4.78 is 5.74. The van der Waals surface area contributed by atoms with Gasteiger partial charge in [-0.25, -0.2) is 0 Å². The number of hydrogen-bond acceptors (Lipinski definition) is 3. The first-order chi connectivity index (χ1) is 9.07. The van der Waals surface area contributed by atoms with Crippen LogP contribution in [-0.2, 0) is 11.2 Å². The van der Waals surface area contributed by atoms with Crippen LogP contribution in [0.5, 0.6) is 0 Å². The Kier molecular flexibility index (Phi) is 4.48. The number of anilines is 1. The lowest BCUT2D eigenvalue weighted by molar-refractivity contribution is -0.0975. The molecule has 1 saturated carbocycles. The normalized spacial score (nSPS) is 24.8. The summed E-state index contributed by atoms with van der Waals surface area (Å²) in [6.07, 6.45) is 2.16. The molecule has 1 aromatic carbocycles. The number of nitrogens with one attached hydrogen (secondary N) is 1. The van der Waals surface area contributed by atoms with Gasteiger partial charge < -0.3 is 15.2 Å². The molecule has 1 aromatic rings. The first-order valence-corrected chi connectivity index (χ1v) is 7.16. The molecule has 2 unspecified atom stereocenters. The SMILES string of the molecule is CCOC1CC(Nc2ccc(CCO)cc2)C1(C)C. The molecule has 1 aliphatic carbocycles. The van der Waals surface area contributed by atoms with Crippen LogP contribution in [0, 0.1) is 5.41 Å². The van der Waals surface area contributed by atoms with Gasteiger partial charge in [-0.1, -0.05) is 26.0 Å². The average Bonchev–Trinajstić information content (AvgIpc) is 2.40. The van der Waals surface area contributed by atoms with Crippen molar-refractivity contribution in [1.29, 1.82) is 0 Å².